The number of nitrogens with zero attached hydrogens (tertiary/aromatic N) is 2. The highest BCUT2D eigenvalue weighted by atomic mass is 35.5. The van der Waals surface area contributed by atoms with Crippen molar-refractivity contribution in [3.05, 3.63) is 70.5 Å². The molecule has 1 aromatic heterocycles. The predicted molar refractivity (Wildman–Crippen MR) is 109 cm³/mol. The Morgan fingerprint density at radius 1 is 1.15 bits per heavy atom. The number of rotatable bonds is 5. The lowest BCUT2D eigenvalue weighted by Crippen LogP contribution is -2.15. The first kappa shape index (κ1) is 18.5. The van der Waals surface area contributed by atoms with Gasteiger partial charge in [-0.15, -0.1) is 0 Å². The second kappa shape index (κ2) is 7.98. The van der Waals surface area contributed by atoms with Crippen molar-refractivity contribution in [1.29, 1.82) is 0 Å². The van der Waals surface area contributed by atoms with Gasteiger partial charge in [0.05, 0.1) is 11.4 Å². The number of hydrogen-bond donors (Lipinski definition) is 1. The van der Waals surface area contributed by atoms with E-state index in [1.165, 1.54) is 22.9 Å². The molecule has 1 N–H and O–H groups in total. The Morgan fingerprint density at radius 3 is 2.69 bits per heavy atom. The Balaban J connectivity index is 1.69. The van der Waals surface area contributed by atoms with Gasteiger partial charge in [0.1, 0.15) is 0 Å². The van der Waals surface area contributed by atoms with Crippen molar-refractivity contribution in [1.82, 2.24) is 9.55 Å². The average molecular weight is 386 g/mol. The molecule has 0 fully saturated rings. The Labute approximate surface area is 162 Å². The van der Waals surface area contributed by atoms with Crippen LogP contribution in [0.15, 0.2) is 53.9 Å². The molecule has 4 nitrogen and oxygen atoms in total. The first-order chi connectivity index (χ1) is 12.4. The third kappa shape index (κ3) is 4.29. The second-order valence-electron chi connectivity index (χ2n) is 6.17. The van der Waals surface area contributed by atoms with Gasteiger partial charge in [-0.25, -0.2) is 4.98 Å². The fourth-order valence-corrected chi connectivity index (χ4v) is 3.73. The van der Waals surface area contributed by atoms with E-state index < -0.39 is 0 Å². The standard InChI is InChI=1S/C20H20ClN3OS/c1-13-4-7-18(15(3)10-13)24-9-8-22-20(24)26-12-19(25)23-17-6-5-16(21)11-14(17)2/h4-11H,12H2,1-3H3,(H,23,25). The molecule has 1 heterocycles. The molecule has 0 saturated carbocycles. The molecule has 0 spiro atoms. The summed E-state index contributed by atoms with van der Waals surface area (Å²) in [4.78, 5) is 16.7. The summed E-state index contributed by atoms with van der Waals surface area (Å²) < 4.78 is 2.01. The van der Waals surface area contributed by atoms with Gasteiger partial charge in [-0.2, -0.15) is 0 Å². The highest BCUT2D eigenvalue weighted by molar-refractivity contribution is 7.99. The topological polar surface area (TPSA) is 46.9 Å². The van der Waals surface area contributed by atoms with Gasteiger partial charge in [0.25, 0.3) is 0 Å². The Kier molecular flexibility index (Phi) is 5.69. The number of thioether (sulfide) groups is 1. The molecule has 26 heavy (non-hydrogen) atoms. The maximum absolute atomic E-state index is 12.3. The average Bonchev–Trinajstić information content (AvgIpc) is 3.04. The molecule has 0 bridgehead atoms. The van der Waals surface area contributed by atoms with Crippen LogP contribution in [0.1, 0.15) is 16.7 Å². The van der Waals surface area contributed by atoms with Crippen LogP contribution in [-0.4, -0.2) is 21.2 Å². The molecule has 3 aromatic rings. The molecule has 134 valence electrons. The number of halogens is 1. The van der Waals surface area contributed by atoms with Gasteiger partial charge >= 0.3 is 0 Å². The van der Waals surface area contributed by atoms with E-state index in [1.807, 2.05) is 29.8 Å². The highest BCUT2D eigenvalue weighted by Gasteiger charge is 2.11. The Bertz CT molecular complexity index is 952. The van der Waals surface area contributed by atoms with Gasteiger partial charge in [0.2, 0.25) is 5.91 Å². The van der Waals surface area contributed by atoms with Crippen molar-refractivity contribution in [3.8, 4) is 5.69 Å². The van der Waals surface area contributed by atoms with Crippen LogP contribution in [0, 0.1) is 20.8 Å². The van der Waals surface area contributed by atoms with Crippen molar-refractivity contribution < 1.29 is 4.79 Å². The summed E-state index contributed by atoms with van der Waals surface area (Å²) in [5.41, 5.74) is 5.18. The van der Waals surface area contributed by atoms with Gasteiger partial charge in [0.15, 0.2) is 5.16 Å². The smallest absolute Gasteiger partial charge is 0.234 e. The maximum atomic E-state index is 12.3. The lowest BCUT2D eigenvalue weighted by Gasteiger charge is -2.12. The molecule has 0 unspecified atom stereocenters. The van der Waals surface area contributed by atoms with E-state index >= 15 is 0 Å². The zero-order valence-corrected chi connectivity index (χ0v) is 16.5. The monoisotopic (exact) mass is 385 g/mol. The number of aryl methyl sites for hydroxylation is 3. The molecule has 2 aromatic carbocycles. The van der Waals surface area contributed by atoms with E-state index in [0.717, 1.165) is 22.1 Å². The summed E-state index contributed by atoms with van der Waals surface area (Å²) in [7, 11) is 0. The van der Waals surface area contributed by atoms with Crippen molar-refractivity contribution in [2.45, 2.75) is 25.9 Å². The highest BCUT2D eigenvalue weighted by Crippen LogP contribution is 2.24. The zero-order chi connectivity index (χ0) is 18.7. The second-order valence-corrected chi connectivity index (χ2v) is 7.54. The zero-order valence-electron chi connectivity index (χ0n) is 14.9. The number of amides is 1. The summed E-state index contributed by atoms with van der Waals surface area (Å²) >= 11 is 7.36. The largest absolute Gasteiger partial charge is 0.325 e. The van der Waals surface area contributed by atoms with Crippen LogP contribution >= 0.6 is 23.4 Å². The maximum Gasteiger partial charge on any atom is 0.234 e. The van der Waals surface area contributed by atoms with Gasteiger partial charge < -0.3 is 5.32 Å². The number of carbonyl (C=O) groups excluding carboxylic acids is 1. The minimum Gasteiger partial charge on any atom is -0.325 e. The van der Waals surface area contributed by atoms with Crippen LogP contribution in [0.3, 0.4) is 0 Å². The van der Waals surface area contributed by atoms with E-state index in [0.29, 0.717) is 5.02 Å². The van der Waals surface area contributed by atoms with Crippen molar-refractivity contribution >= 4 is 35.0 Å². The Hall–Kier alpha value is -2.24. The summed E-state index contributed by atoms with van der Waals surface area (Å²) in [5, 5.41) is 4.37. The Morgan fingerprint density at radius 2 is 1.96 bits per heavy atom. The van der Waals surface area contributed by atoms with E-state index in [4.69, 9.17) is 11.6 Å². The lowest BCUT2D eigenvalue weighted by atomic mass is 10.1. The summed E-state index contributed by atoms with van der Waals surface area (Å²) in [6.07, 6.45) is 3.67. The number of benzene rings is 2. The normalized spacial score (nSPS) is 10.8. The van der Waals surface area contributed by atoms with Gasteiger partial charge in [-0.1, -0.05) is 41.1 Å². The van der Waals surface area contributed by atoms with Crippen LogP contribution in [0.5, 0.6) is 0 Å². The minimum atomic E-state index is -0.0735. The summed E-state index contributed by atoms with van der Waals surface area (Å²) in [6.45, 7) is 6.07. The van der Waals surface area contributed by atoms with Crippen LogP contribution in [0.2, 0.25) is 5.02 Å². The fraction of sp³-hybridized carbons (Fsp3) is 0.200. The molecule has 1 amide bonds. The van der Waals surface area contributed by atoms with E-state index in [-0.39, 0.29) is 11.7 Å². The number of aromatic nitrogens is 2. The van der Waals surface area contributed by atoms with Crippen LogP contribution in [-0.2, 0) is 4.79 Å². The first-order valence-corrected chi connectivity index (χ1v) is 9.60. The quantitative estimate of drug-likeness (QED) is 0.615. The lowest BCUT2D eigenvalue weighted by molar-refractivity contribution is -0.113. The number of nitrogens with one attached hydrogen (secondary N) is 1. The summed E-state index contributed by atoms with van der Waals surface area (Å²) in [5.74, 6) is 0.208. The number of carbonyl (C=O) groups is 1. The molecule has 6 heteroatoms. The molecule has 3 rings (SSSR count). The molecule has 0 radical (unpaired) electrons. The predicted octanol–water partition coefficient (Wildman–Crippen LogP) is 5.18. The van der Waals surface area contributed by atoms with Crippen LogP contribution < -0.4 is 5.32 Å². The number of anilines is 1. The molecular weight excluding hydrogens is 366 g/mol. The molecule has 0 atom stereocenters. The van der Waals surface area contributed by atoms with Crippen molar-refractivity contribution in [2.24, 2.45) is 0 Å². The van der Waals surface area contributed by atoms with E-state index in [9.17, 15) is 4.79 Å². The van der Waals surface area contributed by atoms with E-state index in [1.54, 1.807) is 12.3 Å². The van der Waals surface area contributed by atoms with Gasteiger partial charge in [-0.3, -0.25) is 9.36 Å². The SMILES string of the molecule is Cc1ccc(-n2ccnc2SCC(=O)Nc2ccc(Cl)cc2C)c(C)c1. The fourth-order valence-electron chi connectivity index (χ4n) is 2.74. The molecule has 0 aliphatic rings. The molecular formula is C20H20ClN3OS. The minimum absolute atomic E-state index is 0.0735. The molecule has 0 aliphatic carbocycles. The van der Waals surface area contributed by atoms with Gasteiger partial charge in [-0.05, 0) is 56.2 Å². The number of hydrogen-bond acceptors (Lipinski definition) is 3. The van der Waals surface area contributed by atoms with Crippen LogP contribution in [0.25, 0.3) is 5.69 Å². The third-order valence-electron chi connectivity index (χ3n) is 4.01. The van der Waals surface area contributed by atoms with Crippen molar-refractivity contribution in [2.75, 3.05) is 11.1 Å². The van der Waals surface area contributed by atoms with Crippen LogP contribution in [0.4, 0.5) is 5.69 Å². The van der Waals surface area contributed by atoms with E-state index in [2.05, 4.69) is 42.3 Å². The first-order valence-electron chi connectivity index (χ1n) is 8.24. The molecule has 0 aliphatic heterocycles. The van der Waals surface area contributed by atoms with Crippen molar-refractivity contribution in [3.63, 3.8) is 0 Å². The molecule has 0 saturated heterocycles. The van der Waals surface area contributed by atoms with Gasteiger partial charge in [0, 0.05) is 23.1 Å². The summed E-state index contributed by atoms with van der Waals surface area (Å²) in [6, 6.07) is 11.7. The third-order valence-corrected chi connectivity index (χ3v) is 5.22. The number of imidazole rings is 1.